The van der Waals surface area contributed by atoms with Gasteiger partial charge >= 0.3 is 0 Å². The lowest BCUT2D eigenvalue weighted by Gasteiger charge is -2.14. The summed E-state index contributed by atoms with van der Waals surface area (Å²) in [6.07, 6.45) is 0. The van der Waals surface area contributed by atoms with Gasteiger partial charge in [0.05, 0.1) is 12.6 Å². The number of hydrogen-bond donors (Lipinski definition) is 2. The molecule has 0 aromatic carbocycles. The van der Waals surface area contributed by atoms with Gasteiger partial charge in [-0.15, -0.1) is 0 Å². The van der Waals surface area contributed by atoms with Crippen LogP contribution in [0.1, 0.15) is 13.8 Å². The molecule has 0 rings (SSSR count). The Balaban J connectivity index is 3.57. The Morgan fingerprint density at radius 2 is 2.17 bits per heavy atom. The summed E-state index contributed by atoms with van der Waals surface area (Å²) in [7, 11) is 1.59. The fourth-order valence-corrected chi connectivity index (χ4v) is 0.697. The van der Waals surface area contributed by atoms with Crippen LogP contribution in [0.25, 0.3) is 0 Å². The average Bonchev–Trinajstić information content (AvgIpc) is 2.03. The Morgan fingerprint density at radius 1 is 1.58 bits per heavy atom. The molecule has 1 atom stereocenters. The molecule has 0 heterocycles. The van der Waals surface area contributed by atoms with Crippen LogP contribution in [0.4, 0.5) is 0 Å². The standard InChI is InChI=1S/C8H18N2O2/c1-6(2)7(9)8(11)10-4-5-12-3/h6-7H,4-5,9H2,1-3H3,(H,10,11). The van der Waals surface area contributed by atoms with Crippen LogP contribution in [-0.2, 0) is 9.53 Å². The maximum atomic E-state index is 11.2. The fourth-order valence-electron chi connectivity index (χ4n) is 0.697. The predicted octanol–water partition coefficient (Wildman–Crippen LogP) is -0.268. The average molecular weight is 174 g/mol. The molecule has 0 fully saturated rings. The van der Waals surface area contributed by atoms with Crippen LogP contribution in [0.5, 0.6) is 0 Å². The molecule has 0 aliphatic rings. The minimum absolute atomic E-state index is 0.109. The molecule has 0 saturated carbocycles. The largest absolute Gasteiger partial charge is 0.383 e. The molecule has 0 bridgehead atoms. The zero-order chi connectivity index (χ0) is 9.56. The van der Waals surface area contributed by atoms with Gasteiger partial charge in [0.2, 0.25) is 5.91 Å². The van der Waals surface area contributed by atoms with Crippen molar-refractivity contribution < 1.29 is 9.53 Å². The lowest BCUT2D eigenvalue weighted by molar-refractivity contribution is -0.123. The van der Waals surface area contributed by atoms with Gasteiger partial charge in [-0.1, -0.05) is 13.8 Å². The highest BCUT2D eigenvalue weighted by Crippen LogP contribution is 1.96. The van der Waals surface area contributed by atoms with Gasteiger partial charge in [-0.3, -0.25) is 4.79 Å². The quantitative estimate of drug-likeness (QED) is 0.564. The van der Waals surface area contributed by atoms with Crippen molar-refractivity contribution in [2.45, 2.75) is 19.9 Å². The van der Waals surface area contributed by atoms with Crippen molar-refractivity contribution in [3.8, 4) is 0 Å². The van der Waals surface area contributed by atoms with Gasteiger partial charge in [-0.2, -0.15) is 0 Å². The first-order valence-electron chi connectivity index (χ1n) is 4.11. The zero-order valence-electron chi connectivity index (χ0n) is 7.96. The van der Waals surface area contributed by atoms with Gasteiger partial charge in [0.25, 0.3) is 0 Å². The van der Waals surface area contributed by atoms with Gasteiger partial charge in [0, 0.05) is 13.7 Å². The summed E-state index contributed by atoms with van der Waals surface area (Å²) in [5.41, 5.74) is 5.59. The summed E-state index contributed by atoms with van der Waals surface area (Å²) in [6.45, 7) is 4.88. The van der Waals surface area contributed by atoms with Crippen molar-refractivity contribution in [3.05, 3.63) is 0 Å². The predicted molar refractivity (Wildman–Crippen MR) is 47.7 cm³/mol. The van der Waals surface area contributed by atoms with E-state index in [1.807, 2.05) is 13.8 Å². The lowest BCUT2D eigenvalue weighted by Crippen LogP contribution is -2.44. The first-order valence-corrected chi connectivity index (χ1v) is 4.11. The number of amides is 1. The third kappa shape index (κ3) is 4.31. The summed E-state index contributed by atoms with van der Waals surface area (Å²) in [4.78, 5) is 11.2. The summed E-state index contributed by atoms with van der Waals surface area (Å²) in [5, 5.41) is 2.68. The normalized spacial score (nSPS) is 13.1. The second kappa shape index (κ2) is 5.97. The Kier molecular flexibility index (Phi) is 5.66. The second-order valence-corrected chi connectivity index (χ2v) is 3.05. The minimum Gasteiger partial charge on any atom is -0.383 e. The minimum atomic E-state index is -0.415. The number of carbonyl (C=O) groups is 1. The summed E-state index contributed by atoms with van der Waals surface area (Å²) >= 11 is 0. The van der Waals surface area contributed by atoms with E-state index in [4.69, 9.17) is 10.5 Å². The number of methoxy groups -OCH3 is 1. The fraction of sp³-hybridized carbons (Fsp3) is 0.875. The smallest absolute Gasteiger partial charge is 0.237 e. The van der Waals surface area contributed by atoms with E-state index in [1.165, 1.54) is 0 Å². The molecular weight excluding hydrogens is 156 g/mol. The molecular formula is C8H18N2O2. The molecule has 4 heteroatoms. The monoisotopic (exact) mass is 174 g/mol. The molecule has 0 aromatic rings. The highest BCUT2D eigenvalue weighted by Gasteiger charge is 2.15. The summed E-state index contributed by atoms with van der Waals surface area (Å²) < 4.78 is 4.78. The van der Waals surface area contributed by atoms with Gasteiger partial charge in [0.1, 0.15) is 0 Å². The third-order valence-corrected chi connectivity index (χ3v) is 1.63. The van der Waals surface area contributed by atoms with E-state index in [0.29, 0.717) is 13.2 Å². The maximum absolute atomic E-state index is 11.2. The number of rotatable bonds is 5. The van der Waals surface area contributed by atoms with E-state index in [9.17, 15) is 4.79 Å². The molecule has 0 aliphatic carbocycles. The topological polar surface area (TPSA) is 64.3 Å². The third-order valence-electron chi connectivity index (χ3n) is 1.63. The highest BCUT2D eigenvalue weighted by molar-refractivity contribution is 5.81. The Bertz CT molecular complexity index is 137. The first-order chi connectivity index (χ1) is 5.59. The zero-order valence-corrected chi connectivity index (χ0v) is 7.96. The number of hydrogen-bond acceptors (Lipinski definition) is 3. The molecule has 3 N–H and O–H groups in total. The van der Waals surface area contributed by atoms with Crippen LogP contribution in [-0.4, -0.2) is 32.2 Å². The molecule has 0 radical (unpaired) electrons. The maximum Gasteiger partial charge on any atom is 0.237 e. The molecule has 4 nitrogen and oxygen atoms in total. The van der Waals surface area contributed by atoms with E-state index in [1.54, 1.807) is 7.11 Å². The SMILES string of the molecule is COCCNC(=O)C(N)C(C)C. The molecule has 0 aromatic heterocycles. The Hall–Kier alpha value is -0.610. The van der Waals surface area contributed by atoms with Crippen LogP contribution in [0.3, 0.4) is 0 Å². The number of carbonyl (C=O) groups excluding carboxylic acids is 1. The molecule has 0 aliphatic heterocycles. The lowest BCUT2D eigenvalue weighted by atomic mass is 10.1. The van der Waals surface area contributed by atoms with Crippen molar-refractivity contribution in [1.82, 2.24) is 5.32 Å². The van der Waals surface area contributed by atoms with Gasteiger partial charge in [-0.25, -0.2) is 0 Å². The molecule has 1 unspecified atom stereocenters. The van der Waals surface area contributed by atoms with Crippen molar-refractivity contribution >= 4 is 5.91 Å². The first kappa shape index (κ1) is 11.4. The van der Waals surface area contributed by atoms with E-state index in [0.717, 1.165) is 0 Å². The van der Waals surface area contributed by atoms with E-state index in [2.05, 4.69) is 5.32 Å². The van der Waals surface area contributed by atoms with Gasteiger partial charge in [-0.05, 0) is 5.92 Å². The molecule has 72 valence electrons. The number of ether oxygens (including phenoxy) is 1. The van der Waals surface area contributed by atoms with E-state index >= 15 is 0 Å². The second-order valence-electron chi connectivity index (χ2n) is 3.05. The molecule has 1 amide bonds. The molecule has 0 spiro atoms. The summed E-state index contributed by atoms with van der Waals surface area (Å²) in [5.74, 6) is 0.0644. The van der Waals surface area contributed by atoms with Crippen molar-refractivity contribution in [1.29, 1.82) is 0 Å². The van der Waals surface area contributed by atoms with Gasteiger partial charge in [0.15, 0.2) is 0 Å². The van der Waals surface area contributed by atoms with Crippen molar-refractivity contribution in [2.24, 2.45) is 11.7 Å². The van der Waals surface area contributed by atoms with Gasteiger partial charge < -0.3 is 15.8 Å². The molecule has 0 saturated heterocycles. The van der Waals surface area contributed by atoms with Crippen LogP contribution < -0.4 is 11.1 Å². The van der Waals surface area contributed by atoms with Crippen LogP contribution in [0, 0.1) is 5.92 Å². The Morgan fingerprint density at radius 3 is 2.58 bits per heavy atom. The number of nitrogens with two attached hydrogens (primary N) is 1. The Labute approximate surface area is 73.5 Å². The van der Waals surface area contributed by atoms with Crippen molar-refractivity contribution in [3.63, 3.8) is 0 Å². The van der Waals surface area contributed by atoms with E-state index < -0.39 is 6.04 Å². The van der Waals surface area contributed by atoms with Crippen LogP contribution in [0.15, 0.2) is 0 Å². The van der Waals surface area contributed by atoms with Crippen LogP contribution >= 0.6 is 0 Å². The van der Waals surface area contributed by atoms with Crippen LogP contribution in [0.2, 0.25) is 0 Å². The van der Waals surface area contributed by atoms with E-state index in [-0.39, 0.29) is 11.8 Å². The molecule has 12 heavy (non-hydrogen) atoms. The highest BCUT2D eigenvalue weighted by atomic mass is 16.5. The van der Waals surface area contributed by atoms with Crippen molar-refractivity contribution in [2.75, 3.05) is 20.3 Å². The summed E-state index contributed by atoms with van der Waals surface area (Å²) in [6, 6.07) is -0.415. The number of nitrogens with one attached hydrogen (secondary N) is 1.